The number of amides is 1. The second-order valence-electron chi connectivity index (χ2n) is 4.85. The summed E-state index contributed by atoms with van der Waals surface area (Å²) in [6.45, 7) is 0.275. The van der Waals surface area contributed by atoms with Gasteiger partial charge in [-0.25, -0.2) is 0 Å². The summed E-state index contributed by atoms with van der Waals surface area (Å²) in [6, 6.07) is 5.63. The van der Waals surface area contributed by atoms with Gasteiger partial charge in [-0.1, -0.05) is 12.8 Å². The highest BCUT2D eigenvalue weighted by Crippen LogP contribution is 2.35. The molecule has 1 heterocycles. The van der Waals surface area contributed by atoms with E-state index in [1.807, 2.05) is 0 Å². The maximum Gasteiger partial charge on any atom is 0.258 e. The topological polar surface area (TPSA) is 56.8 Å². The van der Waals surface area contributed by atoms with Crippen LogP contribution in [-0.2, 0) is 4.79 Å². The first-order valence-corrected chi connectivity index (χ1v) is 6.63. The molecule has 0 saturated heterocycles. The lowest BCUT2D eigenvalue weighted by Gasteiger charge is -2.12. The Morgan fingerprint density at radius 1 is 1.26 bits per heavy atom. The molecule has 3 rings (SSSR count). The van der Waals surface area contributed by atoms with Gasteiger partial charge in [-0.2, -0.15) is 0 Å². The molecule has 5 nitrogen and oxygen atoms in total. The van der Waals surface area contributed by atoms with Crippen LogP contribution in [0.4, 0.5) is 0 Å². The normalized spacial score (nSPS) is 17.5. The van der Waals surface area contributed by atoms with E-state index >= 15 is 0 Å². The van der Waals surface area contributed by atoms with E-state index in [4.69, 9.17) is 14.2 Å². The highest BCUT2D eigenvalue weighted by atomic mass is 16.7. The minimum atomic E-state index is -0.0652. The minimum Gasteiger partial charge on any atom is -0.484 e. The largest absolute Gasteiger partial charge is 0.484 e. The third-order valence-electron chi connectivity index (χ3n) is 3.43. The first-order valence-electron chi connectivity index (χ1n) is 6.63. The molecule has 0 bridgehead atoms. The molecule has 0 atom stereocenters. The SMILES string of the molecule is O=C(COc1ccc2c(c1)OCO2)NC1CCCC1. The number of rotatable bonds is 4. The molecule has 5 heteroatoms. The van der Waals surface area contributed by atoms with Gasteiger partial charge in [0.05, 0.1) is 0 Å². The standard InChI is InChI=1S/C14H17NO4/c16-14(15-10-3-1-2-4-10)8-17-11-5-6-12-13(7-11)19-9-18-12/h5-7,10H,1-4,8-9H2,(H,15,16). The predicted molar refractivity (Wildman–Crippen MR) is 68.5 cm³/mol. The van der Waals surface area contributed by atoms with E-state index in [1.54, 1.807) is 18.2 Å². The van der Waals surface area contributed by atoms with Gasteiger partial charge in [-0.15, -0.1) is 0 Å². The highest BCUT2D eigenvalue weighted by molar-refractivity contribution is 5.77. The number of fused-ring (bicyclic) bond motifs is 1. The smallest absolute Gasteiger partial charge is 0.258 e. The highest BCUT2D eigenvalue weighted by Gasteiger charge is 2.18. The van der Waals surface area contributed by atoms with Gasteiger partial charge >= 0.3 is 0 Å². The van der Waals surface area contributed by atoms with Crippen LogP contribution in [0.5, 0.6) is 17.2 Å². The lowest BCUT2D eigenvalue weighted by atomic mass is 10.2. The molecule has 102 valence electrons. The first-order chi connectivity index (χ1) is 9.31. The molecule has 2 aliphatic rings. The number of hydrogen-bond donors (Lipinski definition) is 1. The Morgan fingerprint density at radius 2 is 2.05 bits per heavy atom. The van der Waals surface area contributed by atoms with Crippen molar-refractivity contribution < 1.29 is 19.0 Å². The Balaban J connectivity index is 1.50. The van der Waals surface area contributed by atoms with Crippen LogP contribution in [0.25, 0.3) is 0 Å². The van der Waals surface area contributed by atoms with Crippen molar-refractivity contribution in [1.29, 1.82) is 0 Å². The van der Waals surface area contributed by atoms with Crippen molar-refractivity contribution in [2.24, 2.45) is 0 Å². The van der Waals surface area contributed by atoms with E-state index in [-0.39, 0.29) is 19.3 Å². The number of hydrogen-bond acceptors (Lipinski definition) is 4. The summed E-state index contributed by atoms with van der Waals surface area (Å²) in [5, 5.41) is 2.98. The zero-order valence-electron chi connectivity index (χ0n) is 10.7. The summed E-state index contributed by atoms with van der Waals surface area (Å²) in [6.07, 6.45) is 4.56. The van der Waals surface area contributed by atoms with Gasteiger partial charge in [0.2, 0.25) is 6.79 Å². The van der Waals surface area contributed by atoms with Crippen LogP contribution in [0.15, 0.2) is 18.2 Å². The van der Waals surface area contributed by atoms with Crippen LogP contribution in [0, 0.1) is 0 Å². The average Bonchev–Trinajstić information content (AvgIpc) is 3.06. The third kappa shape index (κ3) is 2.92. The van der Waals surface area contributed by atoms with Crippen molar-refractivity contribution in [2.45, 2.75) is 31.7 Å². The second kappa shape index (κ2) is 5.38. The van der Waals surface area contributed by atoms with E-state index in [0.29, 0.717) is 23.3 Å². The molecule has 0 aromatic heterocycles. The third-order valence-corrected chi connectivity index (χ3v) is 3.43. The van der Waals surface area contributed by atoms with E-state index in [0.717, 1.165) is 12.8 Å². The Morgan fingerprint density at radius 3 is 2.89 bits per heavy atom. The molecule has 1 aromatic carbocycles. The Bertz CT molecular complexity index is 469. The number of carbonyl (C=O) groups is 1. The van der Waals surface area contributed by atoms with Crippen LogP contribution in [0.2, 0.25) is 0 Å². The van der Waals surface area contributed by atoms with Crippen molar-refractivity contribution in [3.05, 3.63) is 18.2 Å². The Hall–Kier alpha value is -1.91. The zero-order valence-corrected chi connectivity index (χ0v) is 10.7. The Labute approximate surface area is 111 Å². The fraction of sp³-hybridized carbons (Fsp3) is 0.500. The van der Waals surface area contributed by atoms with Gasteiger partial charge < -0.3 is 19.5 Å². The van der Waals surface area contributed by atoms with E-state index in [2.05, 4.69) is 5.32 Å². The van der Waals surface area contributed by atoms with Gasteiger partial charge in [-0.05, 0) is 25.0 Å². The maximum absolute atomic E-state index is 11.7. The van der Waals surface area contributed by atoms with Gasteiger partial charge in [0, 0.05) is 12.1 Å². The van der Waals surface area contributed by atoms with Crippen molar-refractivity contribution in [3.63, 3.8) is 0 Å². The first kappa shape index (κ1) is 12.1. The summed E-state index contributed by atoms with van der Waals surface area (Å²) < 4.78 is 15.9. The number of benzene rings is 1. The molecule has 0 radical (unpaired) electrons. The molecule has 1 fully saturated rings. The predicted octanol–water partition coefficient (Wildman–Crippen LogP) is 1.85. The maximum atomic E-state index is 11.7. The van der Waals surface area contributed by atoms with Crippen LogP contribution in [0.1, 0.15) is 25.7 Å². The van der Waals surface area contributed by atoms with Crippen molar-refractivity contribution in [1.82, 2.24) is 5.32 Å². The number of ether oxygens (including phenoxy) is 3. The minimum absolute atomic E-state index is 0.0378. The van der Waals surface area contributed by atoms with Gasteiger partial charge in [0.25, 0.3) is 5.91 Å². The van der Waals surface area contributed by atoms with Gasteiger partial charge in [-0.3, -0.25) is 4.79 Å². The lowest BCUT2D eigenvalue weighted by molar-refractivity contribution is -0.123. The molecule has 1 saturated carbocycles. The fourth-order valence-electron chi connectivity index (χ4n) is 2.46. The summed E-state index contributed by atoms with van der Waals surface area (Å²) in [5.74, 6) is 1.92. The van der Waals surface area contributed by atoms with Crippen molar-refractivity contribution in [3.8, 4) is 17.2 Å². The van der Waals surface area contributed by atoms with Gasteiger partial charge in [0.15, 0.2) is 18.1 Å². The summed E-state index contributed by atoms with van der Waals surface area (Å²) in [7, 11) is 0. The van der Waals surface area contributed by atoms with E-state index < -0.39 is 0 Å². The summed E-state index contributed by atoms with van der Waals surface area (Å²) in [4.78, 5) is 11.7. The van der Waals surface area contributed by atoms with Crippen LogP contribution >= 0.6 is 0 Å². The van der Waals surface area contributed by atoms with Crippen LogP contribution < -0.4 is 19.5 Å². The molecule has 1 aromatic rings. The monoisotopic (exact) mass is 263 g/mol. The molecule has 1 aliphatic heterocycles. The quantitative estimate of drug-likeness (QED) is 0.900. The zero-order chi connectivity index (χ0) is 13.1. The Kier molecular flexibility index (Phi) is 3.44. The second-order valence-corrected chi connectivity index (χ2v) is 4.85. The van der Waals surface area contributed by atoms with Crippen molar-refractivity contribution in [2.75, 3.05) is 13.4 Å². The average molecular weight is 263 g/mol. The molecule has 0 unspecified atom stereocenters. The van der Waals surface area contributed by atoms with Crippen molar-refractivity contribution >= 4 is 5.91 Å². The molecule has 1 aliphatic carbocycles. The number of carbonyl (C=O) groups excluding carboxylic acids is 1. The van der Waals surface area contributed by atoms with Crippen LogP contribution in [-0.4, -0.2) is 25.3 Å². The lowest BCUT2D eigenvalue weighted by Crippen LogP contribution is -2.36. The van der Waals surface area contributed by atoms with E-state index in [9.17, 15) is 4.79 Å². The molecule has 0 spiro atoms. The van der Waals surface area contributed by atoms with E-state index in [1.165, 1.54) is 12.8 Å². The number of nitrogens with one attached hydrogen (secondary N) is 1. The molecular weight excluding hydrogens is 246 g/mol. The molecule has 1 N–H and O–H groups in total. The molecular formula is C14H17NO4. The fourth-order valence-corrected chi connectivity index (χ4v) is 2.46. The summed E-state index contributed by atoms with van der Waals surface area (Å²) in [5.41, 5.74) is 0. The molecule has 19 heavy (non-hydrogen) atoms. The van der Waals surface area contributed by atoms with Crippen LogP contribution in [0.3, 0.4) is 0 Å². The molecule has 1 amide bonds. The van der Waals surface area contributed by atoms with Gasteiger partial charge in [0.1, 0.15) is 5.75 Å². The summed E-state index contributed by atoms with van der Waals surface area (Å²) >= 11 is 0.